The first kappa shape index (κ1) is 20.2. The van der Waals surface area contributed by atoms with Crippen molar-refractivity contribution in [2.24, 2.45) is 46.3 Å². The maximum atomic E-state index is 10.3. The van der Waals surface area contributed by atoms with Gasteiger partial charge in [-0.05, 0) is 98.2 Å². The van der Waals surface area contributed by atoms with Gasteiger partial charge in [0.25, 0.3) is 0 Å². The number of aliphatic hydroxyl groups excluding tert-OH is 1. The highest BCUT2D eigenvalue weighted by Gasteiger charge is 2.68. The van der Waals surface area contributed by atoms with Gasteiger partial charge in [0.2, 0.25) is 0 Å². The van der Waals surface area contributed by atoms with E-state index in [9.17, 15) is 5.11 Å². The monoisotopic (exact) mass is 413 g/mol. The second-order valence-electron chi connectivity index (χ2n) is 12.8. The van der Waals surface area contributed by atoms with Crippen LogP contribution in [0.25, 0.3) is 0 Å². The molecule has 6 rings (SSSR count). The molecule has 3 nitrogen and oxygen atoms in total. The standard InChI is InChI=1S/C27H43NO2/c1-16-7-12-27(28-15-16)17(2)24-23(30-27)14-22-20-6-5-18-13-19(29)8-10-25(18,3)21(20)9-11-26(22,24)4/h5,16-17,19-24,28-29H,6-15H2,1-4H3/t16-,17+,19+,20?,21?,22+,23?,24?,25+,26+,27-/m1/s1. The summed E-state index contributed by atoms with van der Waals surface area (Å²) >= 11 is 0. The Morgan fingerprint density at radius 1 is 1.07 bits per heavy atom. The van der Waals surface area contributed by atoms with Crippen LogP contribution in [0, 0.1) is 46.3 Å². The summed E-state index contributed by atoms with van der Waals surface area (Å²) in [4.78, 5) is 0. The minimum Gasteiger partial charge on any atom is -0.393 e. The summed E-state index contributed by atoms with van der Waals surface area (Å²) < 4.78 is 7.00. The molecule has 168 valence electrons. The van der Waals surface area contributed by atoms with Crippen LogP contribution in [0.15, 0.2) is 11.6 Å². The maximum Gasteiger partial charge on any atom is 0.122 e. The summed E-state index contributed by atoms with van der Waals surface area (Å²) in [7, 11) is 0. The predicted molar refractivity (Wildman–Crippen MR) is 120 cm³/mol. The molecule has 11 atom stereocenters. The van der Waals surface area contributed by atoms with Crippen molar-refractivity contribution in [3.05, 3.63) is 11.6 Å². The number of aliphatic hydroxyl groups is 1. The van der Waals surface area contributed by atoms with E-state index in [1.165, 1.54) is 44.9 Å². The highest BCUT2D eigenvalue weighted by atomic mass is 16.5. The largest absolute Gasteiger partial charge is 0.393 e. The third-order valence-corrected chi connectivity index (χ3v) is 11.6. The summed E-state index contributed by atoms with van der Waals surface area (Å²) in [6.07, 6.45) is 13.8. The van der Waals surface area contributed by atoms with Gasteiger partial charge in [0.15, 0.2) is 0 Å². The lowest BCUT2D eigenvalue weighted by Gasteiger charge is -2.58. The molecule has 0 amide bonds. The van der Waals surface area contributed by atoms with Crippen LogP contribution in [-0.4, -0.2) is 29.6 Å². The molecule has 0 aromatic carbocycles. The van der Waals surface area contributed by atoms with E-state index in [1.807, 2.05) is 0 Å². The van der Waals surface area contributed by atoms with Gasteiger partial charge in [-0.15, -0.1) is 0 Å². The van der Waals surface area contributed by atoms with Crippen molar-refractivity contribution in [2.45, 2.75) is 103 Å². The molecule has 0 aromatic rings. The Bertz CT molecular complexity index is 739. The Morgan fingerprint density at radius 2 is 1.90 bits per heavy atom. The van der Waals surface area contributed by atoms with Crippen molar-refractivity contribution < 1.29 is 9.84 Å². The minimum atomic E-state index is -0.100. The average molecular weight is 414 g/mol. The van der Waals surface area contributed by atoms with Crippen molar-refractivity contribution in [2.75, 3.05) is 6.54 Å². The molecule has 4 aliphatic carbocycles. The highest BCUT2D eigenvalue weighted by molar-refractivity contribution is 5.26. The summed E-state index contributed by atoms with van der Waals surface area (Å²) in [6, 6.07) is 0. The molecule has 3 heteroatoms. The van der Waals surface area contributed by atoms with Crippen LogP contribution in [0.1, 0.15) is 85.5 Å². The molecule has 2 saturated heterocycles. The van der Waals surface area contributed by atoms with Crippen molar-refractivity contribution >= 4 is 0 Å². The van der Waals surface area contributed by atoms with Gasteiger partial charge in [0.1, 0.15) is 5.72 Å². The van der Waals surface area contributed by atoms with E-state index in [0.29, 0.717) is 22.9 Å². The van der Waals surface area contributed by atoms with Gasteiger partial charge in [-0.3, -0.25) is 5.32 Å². The van der Waals surface area contributed by atoms with Crippen molar-refractivity contribution in [3.63, 3.8) is 0 Å². The number of hydrogen-bond acceptors (Lipinski definition) is 3. The number of allylic oxidation sites excluding steroid dienone is 1. The third kappa shape index (κ3) is 2.55. The lowest BCUT2D eigenvalue weighted by atomic mass is 9.47. The van der Waals surface area contributed by atoms with Crippen molar-refractivity contribution in [1.29, 1.82) is 0 Å². The molecule has 0 aromatic heterocycles. The molecular formula is C27H43NO2. The molecule has 30 heavy (non-hydrogen) atoms. The number of ether oxygens (including phenoxy) is 1. The molecule has 2 heterocycles. The first-order valence-electron chi connectivity index (χ1n) is 13.1. The Labute approximate surface area is 183 Å². The molecule has 4 unspecified atom stereocenters. The quantitative estimate of drug-likeness (QED) is 0.530. The van der Waals surface area contributed by atoms with Gasteiger partial charge in [0, 0.05) is 12.5 Å². The molecular weight excluding hydrogens is 370 g/mol. The van der Waals surface area contributed by atoms with Crippen LogP contribution in [0.3, 0.4) is 0 Å². The molecule has 0 radical (unpaired) electrons. The van der Waals surface area contributed by atoms with Gasteiger partial charge in [-0.25, -0.2) is 0 Å². The van der Waals surface area contributed by atoms with Crippen LogP contribution < -0.4 is 5.32 Å². The Hall–Kier alpha value is -0.380. The topological polar surface area (TPSA) is 41.5 Å². The Kier molecular flexibility index (Phi) is 4.44. The van der Waals surface area contributed by atoms with Gasteiger partial charge in [-0.2, -0.15) is 0 Å². The molecule has 3 saturated carbocycles. The van der Waals surface area contributed by atoms with E-state index >= 15 is 0 Å². The average Bonchev–Trinajstić information content (AvgIpc) is 3.16. The summed E-state index contributed by atoms with van der Waals surface area (Å²) in [5, 5.41) is 14.1. The van der Waals surface area contributed by atoms with Crippen LogP contribution in [0.2, 0.25) is 0 Å². The van der Waals surface area contributed by atoms with Crippen LogP contribution in [0.4, 0.5) is 0 Å². The van der Waals surface area contributed by atoms with Crippen LogP contribution >= 0.6 is 0 Å². The molecule has 6 aliphatic rings. The number of hydrogen-bond donors (Lipinski definition) is 2. The predicted octanol–water partition coefficient (Wildman–Crippen LogP) is 5.29. The highest BCUT2D eigenvalue weighted by Crippen LogP contribution is 2.70. The lowest BCUT2D eigenvalue weighted by Crippen LogP contribution is -2.57. The van der Waals surface area contributed by atoms with Crippen LogP contribution in [-0.2, 0) is 4.74 Å². The third-order valence-electron chi connectivity index (χ3n) is 11.6. The van der Waals surface area contributed by atoms with Gasteiger partial charge in [-0.1, -0.05) is 39.3 Å². The number of fused-ring (bicyclic) bond motifs is 7. The number of rotatable bonds is 0. The summed E-state index contributed by atoms with van der Waals surface area (Å²) in [5.41, 5.74) is 2.33. The van der Waals surface area contributed by atoms with Crippen molar-refractivity contribution in [1.82, 2.24) is 5.32 Å². The zero-order valence-corrected chi connectivity index (χ0v) is 19.6. The fourth-order valence-corrected chi connectivity index (χ4v) is 9.84. The van der Waals surface area contributed by atoms with E-state index in [-0.39, 0.29) is 11.8 Å². The minimum absolute atomic E-state index is 0.0439. The normalized spacial score (nSPS) is 59.8. The lowest BCUT2D eigenvalue weighted by molar-refractivity contribution is -0.115. The van der Waals surface area contributed by atoms with E-state index in [0.717, 1.165) is 49.0 Å². The Morgan fingerprint density at radius 3 is 2.67 bits per heavy atom. The zero-order chi connectivity index (χ0) is 20.9. The van der Waals surface area contributed by atoms with E-state index < -0.39 is 0 Å². The second kappa shape index (κ2) is 6.58. The fraction of sp³-hybridized carbons (Fsp3) is 0.926. The molecule has 2 N–H and O–H groups in total. The van der Waals surface area contributed by atoms with E-state index in [2.05, 4.69) is 39.1 Å². The van der Waals surface area contributed by atoms with Gasteiger partial charge < -0.3 is 9.84 Å². The Balaban J connectivity index is 1.28. The zero-order valence-electron chi connectivity index (χ0n) is 19.6. The van der Waals surface area contributed by atoms with Gasteiger partial charge in [0.05, 0.1) is 12.2 Å². The molecule has 2 aliphatic heterocycles. The molecule has 0 bridgehead atoms. The van der Waals surface area contributed by atoms with Crippen molar-refractivity contribution in [3.8, 4) is 0 Å². The number of piperidine rings is 1. The van der Waals surface area contributed by atoms with Crippen LogP contribution in [0.5, 0.6) is 0 Å². The summed E-state index contributed by atoms with van der Waals surface area (Å²) in [6.45, 7) is 11.2. The molecule has 1 spiro atoms. The fourth-order valence-electron chi connectivity index (χ4n) is 9.84. The van der Waals surface area contributed by atoms with E-state index in [4.69, 9.17) is 4.74 Å². The SMILES string of the molecule is C[C@@H]1CC[C@@]2(NC1)OC1C[C@H]3C4CC=C5C[C@@H](O)CC[C@]5(C)C4CC[C@]3(C)C1[C@@H]2C. The maximum absolute atomic E-state index is 10.3. The summed E-state index contributed by atoms with van der Waals surface area (Å²) in [5.74, 6) is 4.58. The smallest absolute Gasteiger partial charge is 0.122 e. The second-order valence-corrected chi connectivity index (χ2v) is 12.8. The number of nitrogens with one attached hydrogen (secondary N) is 1. The van der Waals surface area contributed by atoms with E-state index in [1.54, 1.807) is 5.57 Å². The first-order valence-corrected chi connectivity index (χ1v) is 13.1. The first-order chi connectivity index (χ1) is 14.3. The van der Waals surface area contributed by atoms with Gasteiger partial charge >= 0.3 is 0 Å². The molecule has 5 fully saturated rings.